The summed E-state index contributed by atoms with van der Waals surface area (Å²) in [6.45, 7) is 0.574. The third-order valence-electron chi connectivity index (χ3n) is 5.95. The van der Waals surface area contributed by atoms with Crippen LogP contribution < -0.4 is 20.9 Å². The smallest absolute Gasteiger partial charge is 0.261 e. The third kappa shape index (κ3) is 5.59. The molecule has 1 aromatic heterocycles. The standard InChI is InChI=1S/C24H27ClN4O5/c25-16-6-7-20-17(13-16)22(31)27-8-3-10-29(14-21(30)26-9-11-34-20)24(33)18-12-15-4-1-2-5-19(15)28-23(18)32/h6-7,12-13H,1-5,8-11,14H2,(H,26,30)(H,27,31)(H,28,32). The Morgan fingerprint density at radius 1 is 1.00 bits per heavy atom. The van der Waals surface area contributed by atoms with Crippen LogP contribution in [-0.4, -0.2) is 60.4 Å². The Morgan fingerprint density at radius 2 is 1.82 bits per heavy atom. The molecule has 3 amide bonds. The van der Waals surface area contributed by atoms with Gasteiger partial charge in [-0.15, -0.1) is 0 Å². The van der Waals surface area contributed by atoms with Crippen LogP contribution in [0.1, 0.15) is 51.2 Å². The van der Waals surface area contributed by atoms with E-state index in [0.29, 0.717) is 22.8 Å². The van der Waals surface area contributed by atoms with Crippen molar-refractivity contribution in [2.75, 3.05) is 32.8 Å². The van der Waals surface area contributed by atoms with E-state index in [1.54, 1.807) is 18.2 Å². The summed E-state index contributed by atoms with van der Waals surface area (Å²) in [6.07, 6.45) is 4.01. The molecule has 2 heterocycles. The predicted octanol–water partition coefficient (Wildman–Crippen LogP) is 1.68. The van der Waals surface area contributed by atoms with E-state index in [1.807, 2.05) is 0 Å². The molecule has 0 spiro atoms. The first-order valence-electron chi connectivity index (χ1n) is 11.4. The number of pyridine rings is 1. The minimum atomic E-state index is -0.503. The largest absolute Gasteiger partial charge is 0.491 e. The van der Waals surface area contributed by atoms with E-state index in [-0.39, 0.29) is 50.2 Å². The maximum Gasteiger partial charge on any atom is 0.261 e. The van der Waals surface area contributed by atoms with Gasteiger partial charge >= 0.3 is 0 Å². The SMILES string of the molecule is O=C1CN(C(=O)c2cc3c([nH]c2=O)CCCC3)CCCNC(=O)c2cc(Cl)ccc2OCCN1. The molecule has 0 saturated heterocycles. The first kappa shape index (κ1) is 23.8. The van der Waals surface area contributed by atoms with E-state index in [9.17, 15) is 19.2 Å². The van der Waals surface area contributed by atoms with E-state index < -0.39 is 11.5 Å². The fourth-order valence-electron chi connectivity index (χ4n) is 4.21. The van der Waals surface area contributed by atoms with E-state index in [1.165, 1.54) is 11.0 Å². The number of aryl methyl sites for hydroxylation is 2. The molecule has 3 N–H and O–H groups in total. The molecule has 0 fully saturated rings. The molecule has 0 saturated carbocycles. The fourth-order valence-corrected chi connectivity index (χ4v) is 4.38. The Balaban J connectivity index is 1.52. The molecule has 1 aliphatic heterocycles. The number of hydrogen-bond acceptors (Lipinski definition) is 5. The maximum atomic E-state index is 13.3. The zero-order chi connectivity index (χ0) is 24.1. The van der Waals surface area contributed by atoms with Gasteiger partial charge in [-0.25, -0.2) is 0 Å². The van der Waals surface area contributed by atoms with Gasteiger partial charge in [0, 0.05) is 23.8 Å². The Morgan fingerprint density at radius 3 is 2.68 bits per heavy atom. The molecule has 34 heavy (non-hydrogen) atoms. The maximum absolute atomic E-state index is 13.3. The molecule has 4 rings (SSSR count). The van der Waals surface area contributed by atoms with Crippen molar-refractivity contribution >= 4 is 29.3 Å². The van der Waals surface area contributed by atoms with Crippen LogP contribution in [0.15, 0.2) is 29.1 Å². The number of benzene rings is 1. The van der Waals surface area contributed by atoms with Crippen molar-refractivity contribution in [1.82, 2.24) is 20.5 Å². The first-order chi connectivity index (χ1) is 16.4. The van der Waals surface area contributed by atoms with Crippen LogP contribution in [-0.2, 0) is 17.6 Å². The van der Waals surface area contributed by atoms with Gasteiger partial charge < -0.3 is 25.3 Å². The minimum Gasteiger partial charge on any atom is -0.491 e. The van der Waals surface area contributed by atoms with Crippen molar-refractivity contribution in [3.05, 3.63) is 62.0 Å². The lowest BCUT2D eigenvalue weighted by Gasteiger charge is -2.24. The average Bonchev–Trinajstić information content (AvgIpc) is 2.83. The summed E-state index contributed by atoms with van der Waals surface area (Å²) in [5, 5.41) is 5.92. The topological polar surface area (TPSA) is 121 Å². The second-order valence-corrected chi connectivity index (χ2v) is 8.83. The van der Waals surface area contributed by atoms with Crippen molar-refractivity contribution in [1.29, 1.82) is 0 Å². The number of aromatic nitrogens is 1. The molecule has 0 radical (unpaired) electrons. The quantitative estimate of drug-likeness (QED) is 0.566. The molecular weight excluding hydrogens is 460 g/mol. The van der Waals surface area contributed by atoms with Gasteiger partial charge in [0.25, 0.3) is 17.4 Å². The number of H-pyrrole nitrogens is 1. The number of nitrogens with one attached hydrogen (secondary N) is 3. The van der Waals surface area contributed by atoms with Crippen molar-refractivity contribution in [3.8, 4) is 5.75 Å². The molecular formula is C24H27ClN4O5. The van der Waals surface area contributed by atoms with Crippen molar-refractivity contribution in [2.24, 2.45) is 0 Å². The van der Waals surface area contributed by atoms with Gasteiger partial charge in [-0.1, -0.05) is 11.6 Å². The molecule has 180 valence electrons. The summed E-state index contributed by atoms with van der Waals surface area (Å²) >= 11 is 6.04. The molecule has 0 bridgehead atoms. The van der Waals surface area contributed by atoms with Gasteiger partial charge in [-0.05, 0) is 61.9 Å². The zero-order valence-corrected chi connectivity index (χ0v) is 19.5. The summed E-state index contributed by atoms with van der Waals surface area (Å²) in [5.41, 5.74) is 1.74. The number of halogens is 1. The van der Waals surface area contributed by atoms with E-state index >= 15 is 0 Å². The Hall–Kier alpha value is -3.33. The lowest BCUT2D eigenvalue weighted by Crippen LogP contribution is -2.44. The van der Waals surface area contributed by atoms with Crippen molar-refractivity contribution in [3.63, 3.8) is 0 Å². The highest BCUT2D eigenvalue weighted by Gasteiger charge is 2.24. The lowest BCUT2D eigenvalue weighted by atomic mass is 9.95. The van der Waals surface area contributed by atoms with Gasteiger partial charge in [-0.2, -0.15) is 0 Å². The van der Waals surface area contributed by atoms with Crippen LogP contribution in [0.5, 0.6) is 5.75 Å². The number of rotatable bonds is 1. The Bertz CT molecular complexity index is 1160. The normalized spacial score (nSPS) is 17.4. The van der Waals surface area contributed by atoms with Crippen molar-refractivity contribution < 1.29 is 19.1 Å². The molecule has 2 aliphatic rings. The molecule has 0 atom stereocenters. The number of ether oxygens (including phenoxy) is 1. The Labute approximate surface area is 201 Å². The summed E-state index contributed by atoms with van der Waals surface area (Å²) in [7, 11) is 0. The highest BCUT2D eigenvalue weighted by atomic mass is 35.5. The van der Waals surface area contributed by atoms with Crippen molar-refractivity contribution in [2.45, 2.75) is 32.1 Å². The summed E-state index contributed by atoms with van der Waals surface area (Å²) in [5.74, 6) is -0.834. The minimum absolute atomic E-state index is 0.0329. The highest BCUT2D eigenvalue weighted by Crippen LogP contribution is 2.23. The number of carbonyl (C=O) groups excluding carboxylic acids is 3. The molecule has 2 aromatic rings. The number of carbonyl (C=O) groups is 3. The molecule has 9 nitrogen and oxygen atoms in total. The number of fused-ring (bicyclic) bond motifs is 2. The van der Waals surface area contributed by atoms with Gasteiger partial charge in [0.15, 0.2) is 0 Å². The van der Waals surface area contributed by atoms with Gasteiger partial charge in [0.05, 0.1) is 18.7 Å². The fraction of sp³-hybridized carbons (Fsp3) is 0.417. The number of amides is 3. The number of nitrogens with zero attached hydrogens (tertiary/aromatic N) is 1. The number of aromatic amines is 1. The average molecular weight is 487 g/mol. The van der Waals surface area contributed by atoms with Crippen LogP contribution in [0.4, 0.5) is 0 Å². The van der Waals surface area contributed by atoms with E-state index in [4.69, 9.17) is 16.3 Å². The lowest BCUT2D eigenvalue weighted by molar-refractivity contribution is -0.121. The molecule has 0 unspecified atom stereocenters. The summed E-state index contributed by atoms with van der Waals surface area (Å²) in [4.78, 5) is 55.2. The predicted molar refractivity (Wildman–Crippen MR) is 127 cm³/mol. The molecule has 1 aliphatic carbocycles. The summed E-state index contributed by atoms with van der Waals surface area (Å²) in [6, 6.07) is 6.42. The van der Waals surface area contributed by atoms with E-state index in [0.717, 1.165) is 36.9 Å². The summed E-state index contributed by atoms with van der Waals surface area (Å²) < 4.78 is 5.66. The second kappa shape index (κ2) is 10.7. The second-order valence-electron chi connectivity index (χ2n) is 8.40. The third-order valence-corrected chi connectivity index (χ3v) is 6.18. The molecule has 10 heteroatoms. The van der Waals surface area contributed by atoms with Crippen LogP contribution in [0, 0.1) is 0 Å². The monoisotopic (exact) mass is 486 g/mol. The van der Waals surface area contributed by atoms with Gasteiger partial charge in [-0.3, -0.25) is 19.2 Å². The number of hydrogen-bond donors (Lipinski definition) is 3. The van der Waals surface area contributed by atoms with Crippen LogP contribution in [0.3, 0.4) is 0 Å². The first-order valence-corrected chi connectivity index (χ1v) is 11.8. The van der Waals surface area contributed by atoms with Gasteiger partial charge in [0.2, 0.25) is 5.91 Å². The van der Waals surface area contributed by atoms with Gasteiger partial charge in [0.1, 0.15) is 17.9 Å². The van der Waals surface area contributed by atoms with Crippen LogP contribution in [0.2, 0.25) is 5.02 Å². The van der Waals surface area contributed by atoms with Crippen LogP contribution >= 0.6 is 11.6 Å². The van der Waals surface area contributed by atoms with E-state index in [2.05, 4.69) is 15.6 Å². The highest BCUT2D eigenvalue weighted by molar-refractivity contribution is 6.31. The molecule has 1 aromatic carbocycles. The van der Waals surface area contributed by atoms with Crippen LogP contribution in [0.25, 0.3) is 0 Å². The Kier molecular flexibility index (Phi) is 7.52. The zero-order valence-electron chi connectivity index (χ0n) is 18.7.